The van der Waals surface area contributed by atoms with Gasteiger partial charge in [-0.2, -0.15) is 0 Å². The van der Waals surface area contributed by atoms with Crippen molar-refractivity contribution >= 4 is 56.9 Å². The molecule has 59 heavy (non-hydrogen) atoms. The molecule has 0 aliphatic carbocycles. The molecule has 6 N–H and O–H groups in total. The van der Waals surface area contributed by atoms with Gasteiger partial charge in [-0.05, 0) is 101 Å². The number of pyridine rings is 2. The van der Waals surface area contributed by atoms with E-state index in [1.54, 1.807) is 24.3 Å². The van der Waals surface area contributed by atoms with Crippen molar-refractivity contribution in [3.8, 4) is 0 Å². The topological polar surface area (TPSA) is 185 Å². The number of nitrogens with one attached hydrogen (secondary N) is 1. The SMILES string of the molecule is C[C@@H]1CC[C@@H](c2ccc(F)cc2)N(C(=O)C(=O)Nc2cnc(N)c(C(F)F)c2)C1.C[C@@H]1CC[C@@H](c2ccc(F)cc2)N(C(=O)C(=O)O)C1.Nc1ncc(Br)cc1C(F)F. The molecule has 0 bridgehead atoms. The van der Waals surface area contributed by atoms with Crippen molar-refractivity contribution in [3.05, 3.63) is 111 Å². The van der Waals surface area contributed by atoms with Crippen LogP contribution < -0.4 is 16.8 Å². The summed E-state index contributed by atoms with van der Waals surface area (Å²) in [7, 11) is 0. The third-order valence-corrected chi connectivity index (χ3v) is 10.1. The summed E-state index contributed by atoms with van der Waals surface area (Å²) in [6.45, 7) is 4.74. The minimum Gasteiger partial charge on any atom is -0.474 e. The minimum atomic E-state index is -2.86. The van der Waals surface area contributed by atoms with Crippen LogP contribution in [0.2, 0.25) is 0 Å². The lowest BCUT2D eigenvalue weighted by atomic mass is 9.90. The van der Waals surface area contributed by atoms with Gasteiger partial charge in [-0.15, -0.1) is 0 Å². The van der Waals surface area contributed by atoms with Gasteiger partial charge in [-0.25, -0.2) is 41.1 Å². The number of carbonyl (C=O) groups excluding carboxylic acids is 3. The largest absolute Gasteiger partial charge is 0.474 e. The molecule has 6 rings (SSSR count). The summed E-state index contributed by atoms with van der Waals surface area (Å²) < 4.78 is 76.7. The number of hydrogen-bond acceptors (Lipinski definition) is 8. The van der Waals surface area contributed by atoms with Crippen molar-refractivity contribution in [1.29, 1.82) is 0 Å². The van der Waals surface area contributed by atoms with Gasteiger partial charge in [-0.3, -0.25) is 14.4 Å². The molecule has 0 unspecified atom stereocenters. The smallest absolute Gasteiger partial charge is 0.394 e. The molecule has 2 aromatic heterocycles. The second-order valence-electron chi connectivity index (χ2n) is 14.1. The Morgan fingerprint density at radius 2 is 1.14 bits per heavy atom. The van der Waals surface area contributed by atoms with Gasteiger partial charge in [0.1, 0.15) is 23.3 Å². The van der Waals surface area contributed by atoms with Crippen LogP contribution in [0.5, 0.6) is 0 Å². The Bertz CT molecular complexity index is 2100. The van der Waals surface area contributed by atoms with E-state index in [1.807, 2.05) is 13.8 Å². The highest BCUT2D eigenvalue weighted by atomic mass is 79.9. The molecule has 2 aliphatic heterocycles. The summed E-state index contributed by atoms with van der Waals surface area (Å²) in [5.41, 5.74) is 11.3. The number of amides is 3. The number of nitrogens with zero attached hydrogens (tertiary/aromatic N) is 4. The summed E-state index contributed by atoms with van der Waals surface area (Å²) in [6.07, 6.45) is 0.166. The van der Waals surface area contributed by atoms with E-state index in [9.17, 15) is 45.5 Å². The van der Waals surface area contributed by atoms with Crippen molar-refractivity contribution in [2.45, 2.75) is 64.5 Å². The molecule has 2 fully saturated rings. The number of benzene rings is 2. The van der Waals surface area contributed by atoms with Gasteiger partial charge in [0.05, 0.1) is 35.1 Å². The summed E-state index contributed by atoms with van der Waals surface area (Å²) >= 11 is 3.01. The third-order valence-electron chi connectivity index (χ3n) is 9.64. The number of likely N-dealkylation sites (tertiary alicyclic amines) is 2. The monoisotopic (exact) mass is 893 g/mol. The maximum Gasteiger partial charge on any atom is 0.394 e. The van der Waals surface area contributed by atoms with E-state index < -0.39 is 42.1 Å². The highest BCUT2D eigenvalue weighted by molar-refractivity contribution is 9.10. The molecule has 316 valence electrons. The van der Waals surface area contributed by atoms with Crippen LogP contribution in [0.25, 0.3) is 0 Å². The maximum absolute atomic E-state index is 13.2. The van der Waals surface area contributed by atoms with E-state index in [4.69, 9.17) is 16.6 Å². The standard InChI is InChI=1S/C20H21F3N4O2.C14H16FNO3.C6H5BrF2N2/c1-11-2-7-16(12-3-5-13(21)6-4-12)27(10-11)20(29)19(28)26-14-8-15(17(22)23)18(24)25-9-14;1-9-2-7-12(10-3-5-11(15)6-4-10)16(8-9)13(17)14(18)19;7-3-1-4(5(8)9)6(10)11-2-3/h3-6,8-9,11,16-17H,2,7,10H2,1H3,(H2,24,25)(H,26,28);3-6,9,12H,2,7-8H2,1H3,(H,18,19);1-2,5H,(H2,10,11)/t11-,16+;9-,12+;/m11./s1. The number of aliphatic carboxylic acids is 1. The molecular weight excluding hydrogens is 852 g/mol. The Morgan fingerprint density at radius 3 is 1.56 bits per heavy atom. The zero-order chi connectivity index (χ0) is 43.6. The number of piperidine rings is 2. The van der Waals surface area contributed by atoms with Gasteiger partial charge in [0, 0.05) is 23.8 Å². The van der Waals surface area contributed by atoms with Crippen LogP contribution in [0.3, 0.4) is 0 Å². The fourth-order valence-electron chi connectivity index (χ4n) is 6.63. The number of alkyl halides is 4. The van der Waals surface area contributed by atoms with Crippen LogP contribution in [0, 0.1) is 23.5 Å². The van der Waals surface area contributed by atoms with Crippen molar-refractivity contribution in [2.75, 3.05) is 29.9 Å². The Morgan fingerprint density at radius 1 is 0.712 bits per heavy atom. The number of aromatic nitrogens is 2. The van der Waals surface area contributed by atoms with Gasteiger partial charge >= 0.3 is 23.7 Å². The second kappa shape index (κ2) is 20.8. The number of carboxylic acids is 1. The first-order valence-corrected chi connectivity index (χ1v) is 19.0. The van der Waals surface area contributed by atoms with Crippen LogP contribution in [0.15, 0.2) is 77.5 Å². The average Bonchev–Trinajstić information content (AvgIpc) is 3.20. The summed E-state index contributed by atoms with van der Waals surface area (Å²) in [4.78, 5) is 58.0. The van der Waals surface area contributed by atoms with Gasteiger partial charge < -0.3 is 31.7 Å². The number of carbonyl (C=O) groups is 4. The Kier molecular flexibility index (Phi) is 16.2. The van der Waals surface area contributed by atoms with Crippen LogP contribution in [0.1, 0.15) is 86.7 Å². The molecule has 0 spiro atoms. The number of anilines is 3. The number of halogens is 7. The summed E-state index contributed by atoms with van der Waals surface area (Å²) in [5.74, 6) is -4.81. The number of rotatable bonds is 5. The molecular formula is C40H42BrF6N7O5. The summed E-state index contributed by atoms with van der Waals surface area (Å²) in [5, 5.41) is 11.2. The molecule has 2 aliphatic rings. The minimum absolute atomic E-state index is 0.0451. The molecule has 2 saturated heterocycles. The Hall–Kier alpha value is -5.72. The lowest BCUT2D eigenvalue weighted by Gasteiger charge is -2.38. The molecule has 3 amide bonds. The molecule has 0 radical (unpaired) electrons. The predicted octanol–water partition coefficient (Wildman–Crippen LogP) is 8.25. The van der Waals surface area contributed by atoms with Crippen molar-refractivity contribution in [1.82, 2.24) is 19.8 Å². The average molecular weight is 895 g/mol. The zero-order valence-corrected chi connectivity index (χ0v) is 33.4. The first-order chi connectivity index (χ1) is 27.9. The maximum atomic E-state index is 13.2. The molecule has 4 aromatic rings. The lowest BCUT2D eigenvalue weighted by molar-refractivity contribution is -0.158. The quantitative estimate of drug-likeness (QED) is 0.113. The fourth-order valence-corrected chi connectivity index (χ4v) is 6.98. The van der Waals surface area contributed by atoms with Crippen molar-refractivity contribution < 1.29 is 50.6 Å². The van der Waals surface area contributed by atoms with Gasteiger partial charge in [-0.1, -0.05) is 38.1 Å². The first-order valence-electron chi connectivity index (χ1n) is 18.3. The van der Waals surface area contributed by atoms with Gasteiger partial charge in [0.2, 0.25) is 0 Å². The van der Waals surface area contributed by atoms with E-state index >= 15 is 0 Å². The van der Waals surface area contributed by atoms with Crippen LogP contribution in [-0.4, -0.2) is 61.7 Å². The number of nitrogens with two attached hydrogens (primary N) is 2. The molecule has 2 aromatic carbocycles. The highest BCUT2D eigenvalue weighted by Crippen LogP contribution is 2.35. The van der Waals surface area contributed by atoms with Crippen LogP contribution in [0.4, 0.5) is 43.7 Å². The Labute approximate surface area is 344 Å². The third kappa shape index (κ3) is 12.6. The normalized spacial score (nSPS) is 18.9. The fraction of sp³-hybridized carbons (Fsp3) is 0.350. The van der Waals surface area contributed by atoms with E-state index in [1.165, 1.54) is 46.3 Å². The van der Waals surface area contributed by atoms with E-state index in [-0.39, 0.29) is 58.4 Å². The van der Waals surface area contributed by atoms with Crippen molar-refractivity contribution in [3.63, 3.8) is 0 Å². The van der Waals surface area contributed by atoms with Crippen molar-refractivity contribution in [2.24, 2.45) is 11.8 Å². The first kappa shape index (κ1) is 46.0. The van der Waals surface area contributed by atoms with E-state index in [0.29, 0.717) is 30.4 Å². The molecule has 0 saturated carbocycles. The van der Waals surface area contributed by atoms with Crippen LogP contribution in [-0.2, 0) is 19.2 Å². The predicted molar refractivity (Wildman–Crippen MR) is 210 cm³/mol. The molecule has 12 nitrogen and oxygen atoms in total. The Balaban J connectivity index is 0.000000219. The summed E-state index contributed by atoms with van der Waals surface area (Å²) in [6, 6.07) is 13.3. The lowest BCUT2D eigenvalue weighted by Crippen LogP contribution is -2.46. The van der Waals surface area contributed by atoms with E-state index in [2.05, 4.69) is 31.2 Å². The van der Waals surface area contributed by atoms with Crippen LogP contribution >= 0.6 is 15.9 Å². The van der Waals surface area contributed by atoms with Gasteiger partial charge in [0.25, 0.3) is 12.9 Å². The number of nitrogen functional groups attached to an aromatic ring is 2. The molecule has 19 heteroatoms. The van der Waals surface area contributed by atoms with E-state index in [0.717, 1.165) is 36.2 Å². The molecule has 4 atom stereocenters. The zero-order valence-electron chi connectivity index (χ0n) is 31.8. The number of carboxylic acid groups (broad SMARTS) is 1. The number of hydrogen-bond donors (Lipinski definition) is 4. The van der Waals surface area contributed by atoms with Gasteiger partial charge in [0.15, 0.2) is 0 Å². The highest BCUT2D eigenvalue weighted by Gasteiger charge is 2.35. The molecule has 4 heterocycles. The second-order valence-corrected chi connectivity index (χ2v) is 15.0.